The van der Waals surface area contributed by atoms with Gasteiger partial charge < -0.3 is 14.4 Å². The molecule has 0 radical (unpaired) electrons. The lowest BCUT2D eigenvalue weighted by molar-refractivity contribution is -0.139. The number of anilines is 2. The number of fused-ring (bicyclic) bond motifs is 1. The van der Waals surface area contributed by atoms with Gasteiger partial charge >= 0.3 is 5.97 Å². The Labute approximate surface area is 203 Å². The molecule has 2 aliphatic heterocycles. The van der Waals surface area contributed by atoms with Gasteiger partial charge in [-0.3, -0.25) is 19.2 Å². The molecule has 0 unspecified atom stereocenters. The lowest BCUT2D eigenvalue weighted by atomic mass is 9.81. The van der Waals surface area contributed by atoms with Gasteiger partial charge in [-0.25, -0.2) is 4.90 Å². The van der Waals surface area contributed by atoms with Crippen LogP contribution in [0, 0.1) is 24.7 Å². The van der Waals surface area contributed by atoms with Gasteiger partial charge in [-0.2, -0.15) is 0 Å². The molecule has 3 fully saturated rings. The van der Waals surface area contributed by atoms with E-state index in [0.717, 1.165) is 25.7 Å². The van der Waals surface area contributed by atoms with Gasteiger partial charge in [0.05, 0.1) is 36.2 Å². The minimum absolute atomic E-state index is 0.0491. The predicted molar refractivity (Wildman–Crippen MR) is 128 cm³/mol. The zero-order chi connectivity index (χ0) is 24.7. The number of hydrogen-bond donors (Lipinski definition) is 0. The van der Waals surface area contributed by atoms with Crippen LogP contribution in [0.1, 0.15) is 37.7 Å². The average Bonchev–Trinajstić information content (AvgIpc) is 3.37. The molecule has 182 valence electrons. The van der Waals surface area contributed by atoms with E-state index in [2.05, 4.69) is 0 Å². The quantitative estimate of drug-likeness (QED) is 0.372. The number of esters is 1. The van der Waals surface area contributed by atoms with Crippen molar-refractivity contribution in [2.24, 2.45) is 17.8 Å². The minimum Gasteiger partial charge on any atom is -0.495 e. The van der Waals surface area contributed by atoms with Crippen molar-refractivity contribution in [1.82, 2.24) is 0 Å². The summed E-state index contributed by atoms with van der Waals surface area (Å²) < 4.78 is 10.9. The Kier molecular flexibility index (Phi) is 6.05. The molecule has 2 aromatic carbocycles. The van der Waals surface area contributed by atoms with E-state index in [9.17, 15) is 19.2 Å². The Balaban J connectivity index is 1.29. The maximum atomic E-state index is 12.9. The normalized spacial score (nSPS) is 24.1. The first kappa shape index (κ1) is 23.1. The van der Waals surface area contributed by atoms with Crippen LogP contribution in [0.25, 0.3) is 0 Å². The van der Waals surface area contributed by atoms with Crippen molar-refractivity contribution in [3.63, 3.8) is 0 Å². The molecular formula is C27H28N2O6. The molecular weight excluding hydrogens is 448 g/mol. The summed E-state index contributed by atoms with van der Waals surface area (Å²) in [6, 6.07) is 12.1. The number of para-hydroxylation sites is 2. The SMILES string of the molecule is COc1ccccc1N1C[C@H](C(=O)Oc2ccc(N3C(=O)[C@H]4CCCC[C@H]4C3=O)c(C)c2)CC1=O. The first-order valence-corrected chi connectivity index (χ1v) is 12.0. The molecule has 1 aliphatic carbocycles. The van der Waals surface area contributed by atoms with Crippen LogP contribution in [0.15, 0.2) is 42.5 Å². The summed E-state index contributed by atoms with van der Waals surface area (Å²) in [6.45, 7) is 1.99. The Morgan fingerprint density at radius 1 is 0.943 bits per heavy atom. The lowest BCUT2D eigenvalue weighted by Gasteiger charge is -2.19. The Morgan fingerprint density at radius 3 is 2.29 bits per heavy atom. The summed E-state index contributed by atoms with van der Waals surface area (Å²) in [4.78, 5) is 54.2. The van der Waals surface area contributed by atoms with E-state index in [1.54, 1.807) is 42.2 Å². The maximum absolute atomic E-state index is 12.9. The number of rotatable bonds is 5. The van der Waals surface area contributed by atoms with Crippen molar-refractivity contribution in [1.29, 1.82) is 0 Å². The zero-order valence-electron chi connectivity index (χ0n) is 19.9. The molecule has 2 aromatic rings. The van der Waals surface area contributed by atoms with Crippen molar-refractivity contribution < 1.29 is 28.7 Å². The Bertz CT molecular complexity index is 1180. The maximum Gasteiger partial charge on any atom is 0.316 e. The lowest BCUT2D eigenvalue weighted by Crippen LogP contribution is -2.31. The number of ether oxygens (including phenoxy) is 2. The Hall–Kier alpha value is -3.68. The van der Waals surface area contributed by atoms with Crippen molar-refractivity contribution in [3.8, 4) is 11.5 Å². The zero-order valence-corrected chi connectivity index (χ0v) is 19.9. The van der Waals surface area contributed by atoms with Gasteiger partial charge in [-0.1, -0.05) is 25.0 Å². The number of carbonyl (C=O) groups is 4. The van der Waals surface area contributed by atoms with E-state index >= 15 is 0 Å². The molecule has 8 heteroatoms. The molecule has 2 heterocycles. The Morgan fingerprint density at radius 2 is 1.63 bits per heavy atom. The highest BCUT2D eigenvalue weighted by molar-refractivity contribution is 6.22. The second-order valence-corrected chi connectivity index (χ2v) is 9.46. The molecule has 0 spiro atoms. The topological polar surface area (TPSA) is 93.2 Å². The van der Waals surface area contributed by atoms with Crippen LogP contribution in [0.3, 0.4) is 0 Å². The van der Waals surface area contributed by atoms with E-state index in [-0.39, 0.29) is 42.5 Å². The number of imide groups is 1. The average molecular weight is 477 g/mol. The molecule has 1 saturated carbocycles. The van der Waals surface area contributed by atoms with E-state index in [1.165, 1.54) is 12.0 Å². The highest BCUT2D eigenvalue weighted by atomic mass is 16.5. The van der Waals surface area contributed by atoms with Crippen LogP contribution in [-0.4, -0.2) is 37.3 Å². The van der Waals surface area contributed by atoms with Crippen LogP contribution in [0.4, 0.5) is 11.4 Å². The van der Waals surface area contributed by atoms with Crippen molar-refractivity contribution >= 4 is 35.1 Å². The summed E-state index contributed by atoms with van der Waals surface area (Å²) in [5.41, 5.74) is 1.83. The van der Waals surface area contributed by atoms with Gasteiger partial charge in [0.25, 0.3) is 0 Å². The van der Waals surface area contributed by atoms with E-state index in [0.29, 0.717) is 28.4 Å². The van der Waals surface area contributed by atoms with Gasteiger partial charge in [0.15, 0.2) is 0 Å². The van der Waals surface area contributed by atoms with E-state index in [4.69, 9.17) is 9.47 Å². The third-order valence-corrected chi connectivity index (χ3v) is 7.30. The largest absolute Gasteiger partial charge is 0.495 e. The first-order valence-electron chi connectivity index (χ1n) is 12.0. The summed E-state index contributed by atoms with van der Waals surface area (Å²) >= 11 is 0. The summed E-state index contributed by atoms with van der Waals surface area (Å²) in [5.74, 6) is -1.11. The predicted octanol–water partition coefficient (Wildman–Crippen LogP) is 3.64. The molecule has 35 heavy (non-hydrogen) atoms. The molecule has 2 saturated heterocycles. The smallest absolute Gasteiger partial charge is 0.316 e. The van der Waals surface area contributed by atoms with Crippen LogP contribution in [0.5, 0.6) is 11.5 Å². The summed E-state index contributed by atoms with van der Waals surface area (Å²) in [6.07, 6.45) is 3.51. The molecule has 3 atom stereocenters. The highest BCUT2D eigenvalue weighted by Gasteiger charge is 2.49. The summed E-state index contributed by atoms with van der Waals surface area (Å²) in [5, 5.41) is 0. The van der Waals surface area contributed by atoms with Gasteiger partial charge in [-0.05, 0) is 55.7 Å². The number of benzene rings is 2. The second-order valence-electron chi connectivity index (χ2n) is 9.46. The fraction of sp³-hybridized carbons (Fsp3) is 0.407. The van der Waals surface area contributed by atoms with E-state index < -0.39 is 11.9 Å². The molecule has 3 aliphatic rings. The highest BCUT2D eigenvalue weighted by Crippen LogP contribution is 2.41. The fourth-order valence-corrected chi connectivity index (χ4v) is 5.49. The number of carbonyl (C=O) groups excluding carboxylic acids is 4. The minimum atomic E-state index is -0.614. The van der Waals surface area contributed by atoms with Gasteiger partial charge in [-0.15, -0.1) is 0 Å². The molecule has 8 nitrogen and oxygen atoms in total. The van der Waals surface area contributed by atoms with Crippen LogP contribution in [0.2, 0.25) is 0 Å². The van der Waals surface area contributed by atoms with Crippen LogP contribution >= 0.6 is 0 Å². The van der Waals surface area contributed by atoms with E-state index in [1.807, 2.05) is 12.1 Å². The third kappa shape index (κ3) is 4.07. The van der Waals surface area contributed by atoms with Gasteiger partial charge in [0, 0.05) is 13.0 Å². The molecule has 0 bridgehead atoms. The van der Waals surface area contributed by atoms with Gasteiger partial charge in [0.2, 0.25) is 17.7 Å². The van der Waals surface area contributed by atoms with Crippen molar-refractivity contribution in [3.05, 3.63) is 48.0 Å². The number of methoxy groups -OCH3 is 1. The van der Waals surface area contributed by atoms with Gasteiger partial charge in [0.1, 0.15) is 11.5 Å². The molecule has 3 amide bonds. The van der Waals surface area contributed by atoms with Crippen molar-refractivity contribution in [2.75, 3.05) is 23.5 Å². The second kappa shape index (κ2) is 9.17. The molecule has 0 aromatic heterocycles. The van der Waals surface area contributed by atoms with Crippen molar-refractivity contribution in [2.45, 2.75) is 39.0 Å². The number of aryl methyl sites for hydroxylation is 1. The van der Waals surface area contributed by atoms with Crippen LogP contribution < -0.4 is 19.3 Å². The molecule has 0 N–H and O–H groups in total. The van der Waals surface area contributed by atoms with Crippen LogP contribution in [-0.2, 0) is 19.2 Å². The first-order chi connectivity index (χ1) is 16.9. The summed E-state index contributed by atoms with van der Waals surface area (Å²) in [7, 11) is 1.54. The fourth-order valence-electron chi connectivity index (χ4n) is 5.49. The number of amides is 3. The number of hydrogen-bond acceptors (Lipinski definition) is 6. The third-order valence-electron chi connectivity index (χ3n) is 7.30. The molecule has 5 rings (SSSR count). The standard InChI is InChI=1S/C27H28N2O6/c1-16-13-18(11-12-21(16)29-25(31)19-7-3-4-8-20(19)26(29)32)35-27(33)17-14-24(30)28(15-17)22-9-5-6-10-23(22)34-2/h5-6,9-13,17,19-20H,3-4,7-8,14-15H2,1-2H3/t17-,19-,20+/m1/s1. The monoisotopic (exact) mass is 476 g/mol. The number of nitrogens with zero attached hydrogens (tertiary/aromatic N) is 2.